The van der Waals surface area contributed by atoms with Crippen LogP contribution in [0.5, 0.6) is 0 Å². The average Bonchev–Trinajstić information content (AvgIpc) is 2.83. The zero-order valence-electron chi connectivity index (χ0n) is 9.33. The highest BCUT2D eigenvalue weighted by atomic mass is 15.1. The molecule has 0 radical (unpaired) electrons. The van der Waals surface area contributed by atoms with Crippen LogP contribution in [0.4, 0.5) is 5.69 Å². The van der Waals surface area contributed by atoms with Crippen LogP contribution in [0.3, 0.4) is 0 Å². The van der Waals surface area contributed by atoms with E-state index in [9.17, 15) is 0 Å². The van der Waals surface area contributed by atoms with Crippen molar-refractivity contribution in [3.8, 4) is 0 Å². The molecule has 2 aromatic heterocycles. The lowest BCUT2D eigenvalue weighted by atomic mass is 10.3. The van der Waals surface area contributed by atoms with Crippen molar-refractivity contribution in [2.24, 2.45) is 12.0 Å². The zero-order valence-corrected chi connectivity index (χ0v) is 9.33. The maximum atomic E-state index is 4.59. The van der Waals surface area contributed by atoms with Crippen molar-refractivity contribution in [2.75, 3.05) is 0 Å². The van der Waals surface area contributed by atoms with Crippen LogP contribution >= 0.6 is 0 Å². The van der Waals surface area contributed by atoms with Crippen molar-refractivity contribution >= 4 is 16.9 Å². The second-order valence-electron chi connectivity index (χ2n) is 3.73. The summed E-state index contributed by atoms with van der Waals surface area (Å²) in [6, 6.07) is 9.82. The fourth-order valence-electron chi connectivity index (χ4n) is 1.68. The number of hydrogen-bond acceptors (Lipinski definition) is 3. The van der Waals surface area contributed by atoms with E-state index in [4.69, 9.17) is 0 Å². The molecule has 5 nitrogen and oxygen atoms in total. The van der Waals surface area contributed by atoms with E-state index in [-0.39, 0.29) is 0 Å². The Morgan fingerprint density at radius 3 is 2.82 bits per heavy atom. The van der Waals surface area contributed by atoms with E-state index in [1.165, 1.54) is 0 Å². The first-order valence-corrected chi connectivity index (χ1v) is 5.29. The van der Waals surface area contributed by atoms with Crippen LogP contribution in [0.15, 0.2) is 48.0 Å². The molecule has 17 heavy (non-hydrogen) atoms. The summed E-state index contributed by atoms with van der Waals surface area (Å²) in [4.78, 5) is 16.0. The topological polar surface area (TPSA) is 58.9 Å². The Hall–Kier alpha value is -2.43. The van der Waals surface area contributed by atoms with Gasteiger partial charge in [0.1, 0.15) is 5.52 Å². The average molecular weight is 225 g/mol. The summed E-state index contributed by atoms with van der Waals surface area (Å²) in [5.41, 5.74) is 3.25. The standard InChI is InChI=1S/C12H11N5/c1-17-8-15-11-10(13-7-14-11)12(17)16-9-5-3-2-4-6-9/h2-8H,1H3,(H,13,14). The molecule has 1 N–H and O–H groups in total. The van der Waals surface area contributed by atoms with Gasteiger partial charge in [-0.1, -0.05) is 18.2 Å². The third-order valence-corrected chi connectivity index (χ3v) is 2.52. The minimum absolute atomic E-state index is 0.679. The molecule has 2 heterocycles. The lowest BCUT2D eigenvalue weighted by Crippen LogP contribution is -2.18. The summed E-state index contributed by atoms with van der Waals surface area (Å²) in [7, 11) is 1.91. The number of aromatic nitrogens is 4. The van der Waals surface area contributed by atoms with Gasteiger partial charge in [0.25, 0.3) is 0 Å². The van der Waals surface area contributed by atoms with Gasteiger partial charge >= 0.3 is 0 Å². The van der Waals surface area contributed by atoms with Crippen LogP contribution in [0.2, 0.25) is 0 Å². The molecule has 1 aromatic carbocycles. The van der Waals surface area contributed by atoms with Crippen LogP contribution in [0.25, 0.3) is 11.2 Å². The number of aromatic amines is 1. The Balaban J connectivity index is 2.33. The molecule has 0 aliphatic heterocycles. The molecule has 0 atom stereocenters. The maximum absolute atomic E-state index is 4.59. The molecular formula is C12H11N5. The molecule has 84 valence electrons. The van der Waals surface area contributed by atoms with Gasteiger partial charge in [0.05, 0.1) is 18.3 Å². The molecule has 0 saturated heterocycles. The number of hydrogen-bond donors (Lipinski definition) is 1. The van der Waals surface area contributed by atoms with Crippen LogP contribution in [-0.4, -0.2) is 19.5 Å². The molecule has 0 bridgehead atoms. The maximum Gasteiger partial charge on any atom is 0.182 e. The molecule has 0 aliphatic rings. The van der Waals surface area contributed by atoms with Gasteiger partial charge in [0.15, 0.2) is 11.1 Å². The summed E-state index contributed by atoms with van der Waals surface area (Å²) < 4.78 is 1.87. The second kappa shape index (κ2) is 3.86. The first kappa shape index (κ1) is 9.77. The number of nitrogens with one attached hydrogen (secondary N) is 1. The van der Waals surface area contributed by atoms with Crippen LogP contribution in [-0.2, 0) is 7.05 Å². The molecule has 0 unspecified atom stereocenters. The lowest BCUT2D eigenvalue weighted by Gasteiger charge is -1.99. The predicted molar refractivity (Wildman–Crippen MR) is 64.5 cm³/mol. The van der Waals surface area contributed by atoms with Crippen molar-refractivity contribution in [3.63, 3.8) is 0 Å². The largest absolute Gasteiger partial charge is 0.340 e. The van der Waals surface area contributed by atoms with E-state index < -0.39 is 0 Å². The first-order chi connectivity index (χ1) is 8.34. The third-order valence-electron chi connectivity index (χ3n) is 2.52. The van der Waals surface area contributed by atoms with E-state index in [0.29, 0.717) is 5.65 Å². The number of rotatable bonds is 1. The van der Waals surface area contributed by atoms with E-state index in [0.717, 1.165) is 16.7 Å². The summed E-state index contributed by atoms with van der Waals surface area (Å²) >= 11 is 0. The first-order valence-electron chi connectivity index (χ1n) is 5.29. The molecular weight excluding hydrogens is 214 g/mol. The Labute approximate surface area is 97.5 Å². The van der Waals surface area contributed by atoms with Gasteiger partial charge in [0, 0.05) is 7.05 Å². The van der Waals surface area contributed by atoms with Gasteiger partial charge in [-0.3, -0.25) is 0 Å². The van der Waals surface area contributed by atoms with Gasteiger partial charge in [-0.2, -0.15) is 0 Å². The van der Waals surface area contributed by atoms with Crippen molar-refractivity contribution < 1.29 is 0 Å². The number of H-pyrrole nitrogens is 1. The summed E-state index contributed by atoms with van der Waals surface area (Å²) in [6.07, 6.45) is 3.34. The number of para-hydroxylation sites is 1. The van der Waals surface area contributed by atoms with E-state index >= 15 is 0 Å². The van der Waals surface area contributed by atoms with Crippen LogP contribution < -0.4 is 5.49 Å². The Bertz CT molecular complexity index is 708. The third kappa shape index (κ3) is 1.71. The molecule has 3 aromatic rings. The summed E-state index contributed by atoms with van der Waals surface area (Å²) in [6.45, 7) is 0. The fourth-order valence-corrected chi connectivity index (χ4v) is 1.68. The van der Waals surface area contributed by atoms with Crippen LogP contribution in [0, 0.1) is 0 Å². The van der Waals surface area contributed by atoms with Crippen molar-refractivity contribution in [1.29, 1.82) is 0 Å². The van der Waals surface area contributed by atoms with Gasteiger partial charge < -0.3 is 9.55 Å². The Kier molecular flexibility index (Phi) is 2.22. The number of nitrogens with zero attached hydrogens (tertiary/aromatic N) is 4. The number of fused-ring (bicyclic) bond motifs is 1. The normalized spacial score (nSPS) is 12.2. The van der Waals surface area contributed by atoms with Gasteiger partial charge in [-0.15, -0.1) is 0 Å². The fraction of sp³-hybridized carbons (Fsp3) is 0.0833. The zero-order chi connectivity index (χ0) is 11.7. The Morgan fingerprint density at radius 2 is 2.00 bits per heavy atom. The molecule has 5 heteroatoms. The smallest absolute Gasteiger partial charge is 0.182 e. The molecule has 0 spiro atoms. The van der Waals surface area contributed by atoms with E-state index in [1.807, 2.05) is 41.9 Å². The van der Waals surface area contributed by atoms with E-state index in [2.05, 4.69) is 19.9 Å². The van der Waals surface area contributed by atoms with Gasteiger partial charge in [-0.05, 0) is 12.1 Å². The number of benzene rings is 1. The molecule has 3 rings (SSSR count). The second-order valence-corrected chi connectivity index (χ2v) is 3.73. The Morgan fingerprint density at radius 1 is 1.18 bits per heavy atom. The monoisotopic (exact) mass is 225 g/mol. The molecule has 0 aliphatic carbocycles. The highest BCUT2D eigenvalue weighted by Crippen LogP contribution is 2.09. The van der Waals surface area contributed by atoms with Crippen molar-refractivity contribution in [1.82, 2.24) is 19.5 Å². The van der Waals surface area contributed by atoms with Gasteiger partial charge in [0.2, 0.25) is 0 Å². The van der Waals surface area contributed by atoms with Crippen molar-refractivity contribution in [3.05, 3.63) is 48.5 Å². The number of imidazole rings is 1. The molecule has 0 saturated carbocycles. The predicted octanol–water partition coefficient (Wildman–Crippen LogP) is 1.53. The quantitative estimate of drug-likeness (QED) is 0.682. The highest BCUT2D eigenvalue weighted by molar-refractivity contribution is 5.67. The SMILES string of the molecule is Cn1cnc2nc[nH]c2c1=Nc1ccccc1. The molecule has 0 fully saturated rings. The lowest BCUT2D eigenvalue weighted by molar-refractivity contribution is 0.818. The van der Waals surface area contributed by atoms with Crippen LogP contribution in [0.1, 0.15) is 0 Å². The highest BCUT2D eigenvalue weighted by Gasteiger charge is 2.01. The number of aryl methyl sites for hydroxylation is 1. The van der Waals surface area contributed by atoms with Crippen molar-refractivity contribution in [2.45, 2.75) is 0 Å². The summed E-state index contributed by atoms with van der Waals surface area (Å²) in [5.74, 6) is 0. The minimum atomic E-state index is 0.679. The van der Waals surface area contributed by atoms with Gasteiger partial charge in [-0.25, -0.2) is 15.0 Å². The summed E-state index contributed by atoms with van der Waals surface area (Å²) in [5, 5.41) is 0. The minimum Gasteiger partial charge on any atom is -0.340 e. The van der Waals surface area contributed by atoms with E-state index in [1.54, 1.807) is 12.7 Å². The molecule has 0 amide bonds.